The van der Waals surface area contributed by atoms with E-state index in [-0.39, 0.29) is 12.3 Å². The summed E-state index contributed by atoms with van der Waals surface area (Å²) in [5.41, 5.74) is 1.000. The Morgan fingerprint density at radius 3 is 2.53 bits per heavy atom. The van der Waals surface area contributed by atoms with Gasteiger partial charge in [0.25, 0.3) is 0 Å². The van der Waals surface area contributed by atoms with Gasteiger partial charge < -0.3 is 10.4 Å². The summed E-state index contributed by atoms with van der Waals surface area (Å²) >= 11 is 0. The lowest BCUT2D eigenvalue weighted by Crippen LogP contribution is -2.39. The molecular weight excluding hydrogens is 218 g/mol. The highest BCUT2D eigenvalue weighted by Gasteiger charge is 2.15. The van der Waals surface area contributed by atoms with E-state index in [9.17, 15) is 9.59 Å². The molecule has 2 N–H and O–H groups in total. The predicted octanol–water partition coefficient (Wildman–Crippen LogP) is 1.68. The van der Waals surface area contributed by atoms with Crippen LogP contribution in [-0.2, 0) is 9.59 Å². The van der Waals surface area contributed by atoms with E-state index in [4.69, 9.17) is 5.11 Å². The molecule has 0 aliphatic heterocycles. The molecule has 0 aromatic heterocycles. The number of hydrogen-bond donors (Lipinski definition) is 2. The van der Waals surface area contributed by atoms with Crippen LogP contribution in [0.1, 0.15) is 18.9 Å². The smallest absolute Gasteiger partial charge is 0.326 e. The Hall–Kier alpha value is -2.10. The molecule has 1 atom stereocenters. The molecule has 0 aliphatic rings. The molecule has 0 spiro atoms. The molecule has 0 saturated heterocycles. The molecule has 1 amide bonds. The van der Waals surface area contributed by atoms with Gasteiger partial charge in [0.2, 0.25) is 5.91 Å². The summed E-state index contributed by atoms with van der Waals surface area (Å²) in [4.78, 5) is 21.6. The molecule has 1 aromatic carbocycles. The Bertz CT molecular complexity index is 412. The molecule has 0 bridgehead atoms. The van der Waals surface area contributed by atoms with Crippen LogP contribution in [0.4, 0.5) is 0 Å². The van der Waals surface area contributed by atoms with Crippen molar-refractivity contribution in [3.05, 3.63) is 42.0 Å². The number of carbonyl (C=O) groups excluding carboxylic acids is 1. The van der Waals surface area contributed by atoms with Gasteiger partial charge in [-0.25, -0.2) is 4.79 Å². The van der Waals surface area contributed by atoms with E-state index in [1.54, 1.807) is 6.08 Å². The maximum Gasteiger partial charge on any atom is 0.326 e. The lowest BCUT2D eigenvalue weighted by Gasteiger charge is -2.10. The fourth-order valence-electron chi connectivity index (χ4n) is 1.37. The van der Waals surface area contributed by atoms with Gasteiger partial charge in [-0.15, -0.1) is 0 Å². The minimum Gasteiger partial charge on any atom is -0.480 e. The van der Waals surface area contributed by atoms with Crippen molar-refractivity contribution in [1.82, 2.24) is 5.32 Å². The zero-order valence-electron chi connectivity index (χ0n) is 9.59. The molecule has 0 radical (unpaired) electrons. The Kier molecular flexibility index (Phi) is 4.94. The standard InChI is InChI=1S/C13H15NO3/c1-10(15)14-12(13(16)17)9-5-8-11-6-3-2-4-7-11/h2-8,12H,9H2,1H3,(H,14,15)(H,16,17). The summed E-state index contributed by atoms with van der Waals surface area (Å²) in [6.45, 7) is 1.30. The molecule has 1 unspecified atom stereocenters. The number of hydrogen-bond acceptors (Lipinski definition) is 2. The molecule has 4 heteroatoms. The highest BCUT2D eigenvalue weighted by molar-refractivity contribution is 5.82. The van der Waals surface area contributed by atoms with Gasteiger partial charge in [0, 0.05) is 6.92 Å². The molecule has 0 heterocycles. The van der Waals surface area contributed by atoms with E-state index < -0.39 is 12.0 Å². The minimum absolute atomic E-state index is 0.268. The lowest BCUT2D eigenvalue weighted by molar-refractivity contribution is -0.141. The summed E-state index contributed by atoms with van der Waals surface area (Å²) in [5, 5.41) is 11.2. The van der Waals surface area contributed by atoms with Crippen LogP contribution in [0.15, 0.2) is 36.4 Å². The van der Waals surface area contributed by atoms with Crippen molar-refractivity contribution in [2.45, 2.75) is 19.4 Å². The van der Waals surface area contributed by atoms with Crippen molar-refractivity contribution < 1.29 is 14.7 Å². The average molecular weight is 233 g/mol. The van der Waals surface area contributed by atoms with E-state index in [2.05, 4.69) is 5.32 Å². The van der Waals surface area contributed by atoms with Crippen molar-refractivity contribution in [2.75, 3.05) is 0 Å². The number of carboxylic acid groups (broad SMARTS) is 1. The van der Waals surface area contributed by atoms with Gasteiger partial charge in [-0.2, -0.15) is 0 Å². The Morgan fingerprint density at radius 2 is 2.00 bits per heavy atom. The third kappa shape index (κ3) is 4.97. The maximum atomic E-state index is 10.8. The number of rotatable bonds is 5. The number of amides is 1. The number of nitrogens with one attached hydrogen (secondary N) is 1. The van der Waals surface area contributed by atoms with Crippen molar-refractivity contribution in [1.29, 1.82) is 0 Å². The van der Waals surface area contributed by atoms with Crippen LogP contribution in [0.3, 0.4) is 0 Å². The average Bonchev–Trinajstić information content (AvgIpc) is 2.28. The van der Waals surface area contributed by atoms with E-state index in [1.165, 1.54) is 6.92 Å². The molecule has 90 valence electrons. The first-order valence-electron chi connectivity index (χ1n) is 5.31. The Labute approximate surface area is 100.0 Å². The summed E-state index contributed by atoms with van der Waals surface area (Å²) < 4.78 is 0. The van der Waals surface area contributed by atoms with E-state index in [0.29, 0.717) is 0 Å². The van der Waals surface area contributed by atoms with Gasteiger partial charge in [-0.1, -0.05) is 42.5 Å². The van der Waals surface area contributed by atoms with Gasteiger partial charge in [0.05, 0.1) is 0 Å². The highest BCUT2D eigenvalue weighted by atomic mass is 16.4. The van der Waals surface area contributed by atoms with Gasteiger partial charge in [-0.05, 0) is 12.0 Å². The van der Waals surface area contributed by atoms with E-state index >= 15 is 0 Å². The monoisotopic (exact) mass is 233 g/mol. The molecular formula is C13H15NO3. The van der Waals surface area contributed by atoms with Crippen molar-refractivity contribution in [3.8, 4) is 0 Å². The maximum absolute atomic E-state index is 10.8. The van der Waals surface area contributed by atoms with Gasteiger partial charge >= 0.3 is 5.97 Å². The van der Waals surface area contributed by atoms with Crippen LogP contribution in [-0.4, -0.2) is 23.0 Å². The molecule has 1 rings (SSSR count). The predicted molar refractivity (Wildman–Crippen MR) is 65.3 cm³/mol. The lowest BCUT2D eigenvalue weighted by atomic mass is 10.1. The van der Waals surface area contributed by atoms with Crippen molar-refractivity contribution in [3.63, 3.8) is 0 Å². The fourth-order valence-corrected chi connectivity index (χ4v) is 1.37. The van der Waals surface area contributed by atoms with Crippen LogP contribution in [0, 0.1) is 0 Å². The SMILES string of the molecule is CC(=O)NC(CC=Cc1ccccc1)C(=O)O. The van der Waals surface area contributed by atoms with E-state index in [1.807, 2.05) is 36.4 Å². The summed E-state index contributed by atoms with van der Waals surface area (Å²) in [6, 6.07) is 8.70. The number of carboxylic acids is 1. The van der Waals surface area contributed by atoms with Gasteiger partial charge in [-0.3, -0.25) is 4.79 Å². The first kappa shape index (κ1) is 13.0. The molecule has 0 aliphatic carbocycles. The fraction of sp³-hybridized carbons (Fsp3) is 0.231. The summed E-state index contributed by atoms with van der Waals surface area (Å²) in [5.74, 6) is -1.37. The first-order chi connectivity index (χ1) is 8.09. The Balaban J connectivity index is 2.55. The normalized spacial score (nSPS) is 12.3. The van der Waals surface area contributed by atoms with Crippen LogP contribution in [0.25, 0.3) is 6.08 Å². The highest BCUT2D eigenvalue weighted by Crippen LogP contribution is 2.03. The second-order valence-corrected chi connectivity index (χ2v) is 3.64. The van der Waals surface area contributed by atoms with Crippen molar-refractivity contribution in [2.24, 2.45) is 0 Å². The van der Waals surface area contributed by atoms with Crippen LogP contribution in [0.5, 0.6) is 0 Å². The molecule has 17 heavy (non-hydrogen) atoms. The zero-order valence-corrected chi connectivity index (χ0v) is 9.59. The Morgan fingerprint density at radius 1 is 1.35 bits per heavy atom. The molecule has 0 fully saturated rings. The minimum atomic E-state index is -1.03. The molecule has 0 saturated carbocycles. The summed E-state index contributed by atoms with van der Waals surface area (Å²) in [6.07, 6.45) is 3.84. The molecule has 1 aromatic rings. The van der Waals surface area contributed by atoms with Crippen LogP contribution in [0.2, 0.25) is 0 Å². The molecule has 4 nitrogen and oxygen atoms in total. The number of aliphatic carboxylic acids is 1. The third-order valence-corrected chi connectivity index (χ3v) is 2.16. The largest absolute Gasteiger partial charge is 0.480 e. The summed E-state index contributed by atoms with van der Waals surface area (Å²) in [7, 11) is 0. The van der Waals surface area contributed by atoms with E-state index in [0.717, 1.165) is 5.56 Å². The van der Waals surface area contributed by atoms with Crippen LogP contribution >= 0.6 is 0 Å². The number of benzene rings is 1. The van der Waals surface area contributed by atoms with Gasteiger partial charge in [0.15, 0.2) is 0 Å². The first-order valence-corrected chi connectivity index (χ1v) is 5.31. The number of carbonyl (C=O) groups is 2. The second kappa shape index (κ2) is 6.48. The zero-order chi connectivity index (χ0) is 12.7. The second-order valence-electron chi connectivity index (χ2n) is 3.64. The third-order valence-electron chi connectivity index (χ3n) is 2.16. The van der Waals surface area contributed by atoms with Crippen LogP contribution < -0.4 is 5.32 Å². The van der Waals surface area contributed by atoms with Crippen molar-refractivity contribution >= 4 is 18.0 Å². The quantitative estimate of drug-likeness (QED) is 0.813. The van der Waals surface area contributed by atoms with Gasteiger partial charge in [0.1, 0.15) is 6.04 Å². The topological polar surface area (TPSA) is 66.4 Å².